The van der Waals surface area contributed by atoms with Gasteiger partial charge < -0.3 is 10.2 Å². The van der Waals surface area contributed by atoms with Crippen molar-refractivity contribution < 1.29 is 9.59 Å². The first kappa shape index (κ1) is 15.6. The number of carbonyl (C=O) groups is 2. The molecule has 1 heterocycles. The van der Waals surface area contributed by atoms with Gasteiger partial charge in [0, 0.05) is 39.5 Å². The van der Waals surface area contributed by atoms with Crippen LogP contribution in [0.1, 0.15) is 19.5 Å². The molecule has 6 nitrogen and oxygen atoms in total. The summed E-state index contributed by atoms with van der Waals surface area (Å²) in [7, 11) is 3.44. The van der Waals surface area contributed by atoms with Gasteiger partial charge in [0.15, 0.2) is 5.13 Å². The molecule has 0 aliphatic rings. The van der Waals surface area contributed by atoms with Crippen molar-refractivity contribution in [1.82, 2.24) is 15.2 Å². The summed E-state index contributed by atoms with van der Waals surface area (Å²) in [5, 5.41) is 5.63. The topological polar surface area (TPSA) is 65.5 Å². The summed E-state index contributed by atoms with van der Waals surface area (Å²) < 4.78 is 0. The van der Waals surface area contributed by atoms with Crippen molar-refractivity contribution in [3.05, 3.63) is 11.1 Å². The van der Waals surface area contributed by atoms with Crippen LogP contribution in [0.25, 0.3) is 0 Å². The lowest BCUT2D eigenvalue weighted by molar-refractivity contribution is -0.127. The first-order valence-corrected chi connectivity index (χ1v) is 6.97. The van der Waals surface area contributed by atoms with Gasteiger partial charge in [0.25, 0.3) is 0 Å². The van der Waals surface area contributed by atoms with Crippen molar-refractivity contribution in [2.45, 2.75) is 20.4 Å². The Morgan fingerprint density at radius 1 is 1.42 bits per heavy atom. The highest BCUT2D eigenvalue weighted by atomic mass is 32.1. The predicted octanol–water partition coefficient (Wildman–Crippen LogP) is 0.694. The molecule has 0 radical (unpaired) electrons. The zero-order chi connectivity index (χ0) is 14.4. The number of amides is 2. The van der Waals surface area contributed by atoms with E-state index in [1.165, 1.54) is 23.2 Å². The Labute approximate surface area is 117 Å². The van der Waals surface area contributed by atoms with E-state index in [1.807, 2.05) is 12.3 Å². The lowest BCUT2D eigenvalue weighted by Crippen LogP contribution is -2.32. The molecule has 0 spiro atoms. The van der Waals surface area contributed by atoms with Gasteiger partial charge >= 0.3 is 0 Å². The Morgan fingerprint density at radius 3 is 2.63 bits per heavy atom. The molecule has 1 rings (SSSR count). The largest absolute Gasteiger partial charge is 0.348 e. The van der Waals surface area contributed by atoms with Gasteiger partial charge in [-0.25, -0.2) is 4.98 Å². The predicted molar refractivity (Wildman–Crippen MR) is 76.2 cm³/mol. The van der Waals surface area contributed by atoms with Crippen LogP contribution in [0, 0.1) is 0 Å². The van der Waals surface area contributed by atoms with Crippen LogP contribution in [0.15, 0.2) is 5.38 Å². The van der Waals surface area contributed by atoms with Gasteiger partial charge in [0.05, 0.1) is 12.2 Å². The van der Waals surface area contributed by atoms with Gasteiger partial charge in [0.2, 0.25) is 11.8 Å². The minimum atomic E-state index is -0.0147. The first-order chi connectivity index (χ1) is 8.95. The number of rotatable bonds is 6. The van der Waals surface area contributed by atoms with Crippen molar-refractivity contribution in [2.75, 3.05) is 32.1 Å². The number of nitrogens with one attached hydrogen (secondary N) is 1. The standard InChI is InChI=1S/C12H20N4O2S/c1-5-16(9(2)17)12-14-10(8-19-12)6-13-7-11(18)15(3)4/h8,13H,5-7H2,1-4H3. The van der Waals surface area contributed by atoms with E-state index in [4.69, 9.17) is 0 Å². The highest BCUT2D eigenvalue weighted by molar-refractivity contribution is 7.14. The Balaban J connectivity index is 2.51. The van der Waals surface area contributed by atoms with Crippen LogP contribution in [0.2, 0.25) is 0 Å². The minimum absolute atomic E-state index is 0.0147. The second-order valence-electron chi connectivity index (χ2n) is 4.28. The second kappa shape index (κ2) is 7.20. The fourth-order valence-electron chi connectivity index (χ4n) is 1.45. The molecule has 7 heteroatoms. The molecule has 19 heavy (non-hydrogen) atoms. The monoisotopic (exact) mass is 284 g/mol. The summed E-state index contributed by atoms with van der Waals surface area (Å²) in [5.41, 5.74) is 0.839. The van der Waals surface area contributed by atoms with E-state index < -0.39 is 0 Å². The summed E-state index contributed by atoms with van der Waals surface area (Å²) in [6.07, 6.45) is 0. The fraction of sp³-hybridized carbons (Fsp3) is 0.583. The molecule has 0 bridgehead atoms. The van der Waals surface area contributed by atoms with Crippen LogP contribution in [0.4, 0.5) is 5.13 Å². The van der Waals surface area contributed by atoms with E-state index in [2.05, 4.69) is 10.3 Å². The van der Waals surface area contributed by atoms with Crippen molar-refractivity contribution in [2.24, 2.45) is 0 Å². The molecule has 106 valence electrons. The average Bonchev–Trinajstić information content (AvgIpc) is 2.77. The Bertz CT molecular complexity index is 445. The molecule has 0 aliphatic heterocycles. The van der Waals surface area contributed by atoms with Gasteiger partial charge in [-0.05, 0) is 6.92 Å². The highest BCUT2D eigenvalue weighted by Gasteiger charge is 2.13. The molecular weight excluding hydrogens is 264 g/mol. The molecule has 0 unspecified atom stereocenters. The summed E-state index contributed by atoms with van der Waals surface area (Å²) in [4.78, 5) is 30.3. The van der Waals surface area contributed by atoms with E-state index >= 15 is 0 Å². The number of hydrogen-bond acceptors (Lipinski definition) is 5. The number of thiazole rings is 1. The molecular formula is C12H20N4O2S. The zero-order valence-electron chi connectivity index (χ0n) is 11.8. The fourth-order valence-corrected chi connectivity index (χ4v) is 2.38. The molecule has 0 saturated heterocycles. The third kappa shape index (κ3) is 4.60. The van der Waals surface area contributed by atoms with Gasteiger partial charge in [-0.15, -0.1) is 11.3 Å². The van der Waals surface area contributed by atoms with Gasteiger partial charge in [-0.2, -0.15) is 0 Å². The summed E-state index contributed by atoms with van der Waals surface area (Å²) in [6.45, 7) is 4.85. The van der Waals surface area contributed by atoms with Crippen LogP contribution in [0.3, 0.4) is 0 Å². The molecule has 0 saturated carbocycles. The lowest BCUT2D eigenvalue weighted by atomic mass is 10.4. The normalized spacial score (nSPS) is 10.3. The third-order valence-corrected chi connectivity index (χ3v) is 3.46. The number of nitrogens with zero attached hydrogens (tertiary/aromatic N) is 3. The van der Waals surface area contributed by atoms with E-state index in [1.54, 1.807) is 19.0 Å². The summed E-state index contributed by atoms with van der Waals surface area (Å²) >= 11 is 1.43. The van der Waals surface area contributed by atoms with E-state index in [0.29, 0.717) is 18.2 Å². The second-order valence-corrected chi connectivity index (χ2v) is 5.11. The highest BCUT2D eigenvalue weighted by Crippen LogP contribution is 2.20. The number of carbonyl (C=O) groups excluding carboxylic acids is 2. The zero-order valence-corrected chi connectivity index (χ0v) is 12.6. The first-order valence-electron chi connectivity index (χ1n) is 6.09. The maximum absolute atomic E-state index is 11.4. The SMILES string of the molecule is CCN(C(C)=O)c1nc(CNCC(=O)N(C)C)cs1. The number of likely N-dealkylation sites (N-methyl/N-ethyl adjacent to an activating group) is 1. The third-order valence-electron chi connectivity index (χ3n) is 2.55. The van der Waals surface area contributed by atoms with Crippen molar-refractivity contribution in [3.8, 4) is 0 Å². The maximum Gasteiger partial charge on any atom is 0.236 e. The van der Waals surface area contributed by atoms with Crippen LogP contribution in [-0.4, -0.2) is 48.9 Å². The van der Waals surface area contributed by atoms with E-state index in [9.17, 15) is 9.59 Å². The quantitative estimate of drug-likeness (QED) is 0.835. The van der Waals surface area contributed by atoms with Crippen LogP contribution in [0.5, 0.6) is 0 Å². The molecule has 0 aromatic carbocycles. The van der Waals surface area contributed by atoms with E-state index in [0.717, 1.165) is 5.69 Å². The van der Waals surface area contributed by atoms with E-state index in [-0.39, 0.29) is 18.4 Å². The lowest BCUT2D eigenvalue weighted by Gasteiger charge is -2.14. The smallest absolute Gasteiger partial charge is 0.236 e. The van der Waals surface area contributed by atoms with Crippen molar-refractivity contribution in [3.63, 3.8) is 0 Å². The van der Waals surface area contributed by atoms with Gasteiger partial charge in [-0.1, -0.05) is 0 Å². The van der Waals surface area contributed by atoms with Crippen LogP contribution >= 0.6 is 11.3 Å². The Kier molecular flexibility index (Phi) is 5.91. The summed E-state index contributed by atoms with van der Waals surface area (Å²) in [5.74, 6) is 0.00789. The maximum atomic E-state index is 11.4. The average molecular weight is 284 g/mol. The molecule has 0 atom stereocenters. The molecule has 0 aliphatic carbocycles. The minimum Gasteiger partial charge on any atom is -0.348 e. The number of aromatic nitrogens is 1. The Hall–Kier alpha value is -1.47. The molecule has 1 N–H and O–H groups in total. The Morgan fingerprint density at radius 2 is 2.11 bits per heavy atom. The molecule has 1 aromatic rings. The van der Waals surface area contributed by atoms with Gasteiger partial charge in [-0.3, -0.25) is 14.5 Å². The van der Waals surface area contributed by atoms with Gasteiger partial charge in [0.1, 0.15) is 0 Å². The molecule has 2 amide bonds. The summed E-state index contributed by atoms with van der Waals surface area (Å²) in [6, 6.07) is 0. The molecule has 1 aromatic heterocycles. The molecule has 0 fully saturated rings. The van der Waals surface area contributed by atoms with Crippen LogP contribution < -0.4 is 10.2 Å². The van der Waals surface area contributed by atoms with Crippen LogP contribution in [-0.2, 0) is 16.1 Å². The number of anilines is 1. The van der Waals surface area contributed by atoms with Crippen molar-refractivity contribution >= 4 is 28.3 Å². The van der Waals surface area contributed by atoms with Crippen molar-refractivity contribution in [1.29, 1.82) is 0 Å². The number of hydrogen-bond donors (Lipinski definition) is 1.